The molecule has 3 aromatic rings. The molecule has 22 heavy (non-hydrogen) atoms. The molecule has 0 spiro atoms. The van der Waals surface area contributed by atoms with E-state index in [2.05, 4.69) is 40.2 Å². The molecule has 110 valence electrons. The second kappa shape index (κ2) is 4.73. The molecule has 0 aliphatic heterocycles. The lowest BCUT2D eigenvalue weighted by molar-refractivity contribution is 0.0962. The number of carbonyl (C=O) groups excluding carboxylic acids is 1. The first-order valence-electron chi connectivity index (χ1n) is 7.43. The number of nitrogens with zero attached hydrogens (tertiary/aromatic N) is 4. The third-order valence-corrected chi connectivity index (χ3v) is 4.20. The number of benzene rings is 1. The fraction of sp³-hybridized carbons (Fsp3) is 0.294. The summed E-state index contributed by atoms with van der Waals surface area (Å²) < 4.78 is 1.60. The molecular weight excluding hydrogens is 276 g/mol. The van der Waals surface area contributed by atoms with E-state index in [4.69, 9.17) is 0 Å². The minimum atomic E-state index is 0.135. The number of Topliss-reactive ketones (excluding diaryl/α,β-unsaturated/α-hetero) is 1. The quantitative estimate of drug-likeness (QED) is 0.692. The summed E-state index contributed by atoms with van der Waals surface area (Å²) in [5.74, 6) is 1.56. The van der Waals surface area contributed by atoms with Crippen LogP contribution in [0.25, 0.3) is 5.78 Å². The van der Waals surface area contributed by atoms with Gasteiger partial charge in [-0.1, -0.05) is 29.8 Å². The maximum atomic E-state index is 12.5. The molecule has 2 aromatic heterocycles. The zero-order chi connectivity index (χ0) is 15.3. The Bertz CT molecular complexity index is 897. The molecule has 0 radical (unpaired) electrons. The first-order chi connectivity index (χ1) is 10.6. The largest absolute Gasteiger partial charge is 0.294 e. The van der Waals surface area contributed by atoms with E-state index in [0.29, 0.717) is 23.6 Å². The van der Waals surface area contributed by atoms with Gasteiger partial charge in [-0.15, -0.1) is 0 Å². The molecule has 0 saturated carbocycles. The minimum absolute atomic E-state index is 0.135. The summed E-state index contributed by atoms with van der Waals surface area (Å²) in [5.41, 5.74) is 3.94. The lowest BCUT2D eigenvalue weighted by Gasteiger charge is -2.23. The van der Waals surface area contributed by atoms with Crippen LogP contribution in [-0.2, 0) is 6.42 Å². The second-order valence-corrected chi connectivity index (χ2v) is 5.95. The van der Waals surface area contributed by atoms with Crippen LogP contribution in [-0.4, -0.2) is 25.4 Å². The monoisotopic (exact) mass is 292 g/mol. The lowest BCUT2D eigenvalue weighted by atomic mass is 9.82. The zero-order valence-electron chi connectivity index (χ0n) is 12.6. The van der Waals surface area contributed by atoms with Crippen LogP contribution >= 0.6 is 0 Å². The van der Waals surface area contributed by atoms with Crippen molar-refractivity contribution >= 4 is 11.6 Å². The molecule has 1 aromatic carbocycles. The predicted octanol–water partition coefficient (Wildman–Crippen LogP) is 2.65. The van der Waals surface area contributed by atoms with E-state index in [-0.39, 0.29) is 11.7 Å². The number of aryl methyl sites for hydroxylation is 2. The molecule has 5 nitrogen and oxygen atoms in total. The van der Waals surface area contributed by atoms with Crippen LogP contribution in [0.15, 0.2) is 30.5 Å². The van der Waals surface area contributed by atoms with Crippen LogP contribution in [0.2, 0.25) is 0 Å². The number of ketones is 1. The smallest absolute Gasteiger partial charge is 0.252 e. The van der Waals surface area contributed by atoms with Crippen molar-refractivity contribution in [3.05, 3.63) is 58.7 Å². The molecule has 0 N–H and O–H groups in total. The summed E-state index contributed by atoms with van der Waals surface area (Å²) in [6.07, 6.45) is 3.07. The normalized spacial score (nSPS) is 17.7. The minimum Gasteiger partial charge on any atom is -0.294 e. The highest BCUT2D eigenvalue weighted by molar-refractivity contribution is 5.98. The molecule has 4 rings (SSSR count). The number of carbonyl (C=O) groups is 1. The van der Waals surface area contributed by atoms with Crippen molar-refractivity contribution in [1.29, 1.82) is 0 Å². The Kier molecular flexibility index (Phi) is 2.82. The number of fused-ring (bicyclic) bond motifs is 2. The van der Waals surface area contributed by atoms with Crippen molar-refractivity contribution in [2.24, 2.45) is 0 Å². The van der Waals surface area contributed by atoms with Gasteiger partial charge in [-0.2, -0.15) is 10.1 Å². The number of hydrogen-bond donors (Lipinski definition) is 0. The van der Waals surface area contributed by atoms with Crippen LogP contribution in [0.4, 0.5) is 0 Å². The molecular formula is C17H16N4O. The third-order valence-electron chi connectivity index (χ3n) is 4.20. The summed E-state index contributed by atoms with van der Waals surface area (Å²) in [6.45, 7) is 3.90. The molecule has 1 atom stereocenters. The van der Waals surface area contributed by atoms with Crippen LogP contribution in [0.5, 0.6) is 0 Å². The highest BCUT2D eigenvalue weighted by Gasteiger charge is 2.28. The van der Waals surface area contributed by atoms with E-state index in [1.165, 1.54) is 11.1 Å². The predicted molar refractivity (Wildman–Crippen MR) is 82.1 cm³/mol. The maximum absolute atomic E-state index is 12.5. The van der Waals surface area contributed by atoms with Gasteiger partial charge in [0.05, 0.1) is 11.3 Å². The standard InChI is InChI=1S/C17H16N4O/c1-10-4-3-5-12(6-10)13-7-15-14(16(22)8-13)9-21-17(19-15)18-11(2)20-21/h3-6,9,13H,7-8H2,1-2H3. The van der Waals surface area contributed by atoms with Gasteiger partial charge in [0.1, 0.15) is 5.82 Å². The first-order valence-corrected chi connectivity index (χ1v) is 7.43. The summed E-state index contributed by atoms with van der Waals surface area (Å²) in [5, 5.41) is 4.24. The average Bonchev–Trinajstić information content (AvgIpc) is 2.84. The van der Waals surface area contributed by atoms with Gasteiger partial charge >= 0.3 is 0 Å². The Morgan fingerprint density at radius 2 is 2.05 bits per heavy atom. The van der Waals surface area contributed by atoms with Crippen molar-refractivity contribution in [1.82, 2.24) is 19.6 Å². The Morgan fingerprint density at radius 1 is 1.18 bits per heavy atom. The van der Waals surface area contributed by atoms with Gasteiger partial charge in [0.15, 0.2) is 5.78 Å². The van der Waals surface area contributed by atoms with E-state index >= 15 is 0 Å². The topological polar surface area (TPSA) is 60.2 Å². The van der Waals surface area contributed by atoms with Gasteiger partial charge in [-0.25, -0.2) is 9.50 Å². The highest BCUT2D eigenvalue weighted by Crippen LogP contribution is 2.32. The fourth-order valence-corrected chi connectivity index (χ4v) is 3.15. The van der Waals surface area contributed by atoms with Gasteiger partial charge in [0.2, 0.25) is 0 Å². The Hall–Kier alpha value is -2.56. The van der Waals surface area contributed by atoms with Gasteiger partial charge < -0.3 is 0 Å². The van der Waals surface area contributed by atoms with Gasteiger partial charge in [0, 0.05) is 12.6 Å². The zero-order valence-corrected chi connectivity index (χ0v) is 12.6. The van der Waals surface area contributed by atoms with Gasteiger partial charge in [-0.3, -0.25) is 4.79 Å². The fourth-order valence-electron chi connectivity index (χ4n) is 3.15. The van der Waals surface area contributed by atoms with Crippen LogP contribution in [0.3, 0.4) is 0 Å². The van der Waals surface area contributed by atoms with Crippen LogP contribution in [0.1, 0.15) is 45.3 Å². The maximum Gasteiger partial charge on any atom is 0.252 e. The third kappa shape index (κ3) is 2.09. The van der Waals surface area contributed by atoms with Crippen LogP contribution in [0, 0.1) is 13.8 Å². The number of aromatic nitrogens is 4. The number of hydrogen-bond acceptors (Lipinski definition) is 4. The molecule has 1 unspecified atom stereocenters. The van der Waals surface area contributed by atoms with Crippen molar-refractivity contribution < 1.29 is 4.79 Å². The Morgan fingerprint density at radius 3 is 2.86 bits per heavy atom. The lowest BCUT2D eigenvalue weighted by Crippen LogP contribution is -2.21. The van der Waals surface area contributed by atoms with Crippen molar-refractivity contribution in [2.75, 3.05) is 0 Å². The molecule has 0 amide bonds. The molecule has 2 heterocycles. The average molecular weight is 292 g/mol. The summed E-state index contributed by atoms with van der Waals surface area (Å²) in [4.78, 5) is 21.3. The molecule has 0 fully saturated rings. The van der Waals surface area contributed by atoms with E-state index in [0.717, 1.165) is 12.1 Å². The van der Waals surface area contributed by atoms with Crippen molar-refractivity contribution in [2.45, 2.75) is 32.6 Å². The summed E-state index contributed by atoms with van der Waals surface area (Å²) >= 11 is 0. The highest BCUT2D eigenvalue weighted by atomic mass is 16.1. The van der Waals surface area contributed by atoms with Crippen LogP contribution < -0.4 is 0 Å². The Balaban J connectivity index is 1.79. The van der Waals surface area contributed by atoms with E-state index in [1.807, 2.05) is 13.0 Å². The summed E-state index contributed by atoms with van der Waals surface area (Å²) in [6, 6.07) is 8.37. The summed E-state index contributed by atoms with van der Waals surface area (Å²) in [7, 11) is 0. The molecule has 0 bridgehead atoms. The molecule has 5 heteroatoms. The second-order valence-electron chi connectivity index (χ2n) is 5.95. The SMILES string of the molecule is Cc1cccc(C2CC(=O)c3cn4nc(C)nc4nc3C2)c1. The van der Waals surface area contributed by atoms with Gasteiger partial charge in [0.25, 0.3) is 5.78 Å². The molecule has 1 aliphatic rings. The van der Waals surface area contributed by atoms with Crippen molar-refractivity contribution in [3.63, 3.8) is 0 Å². The van der Waals surface area contributed by atoms with Crippen molar-refractivity contribution in [3.8, 4) is 0 Å². The first kappa shape index (κ1) is 13.1. The van der Waals surface area contributed by atoms with E-state index < -0.39 is 0 Å². The van der Waals surface area contributed by atoms with Gasteiger partial charge in [-0.05, 0) is 31.7 Å². The molecule has 0 saturated heterocycles. The van der Waals surface area contributed by atoms with E-state index in [1.54, 1.807) is 10.7 Å². The number of rotatable bonds is 1. The Labute approximate surface area is 128 Å². The van der Waals surface area contributed by atoms with E-state index in [9.17, 15) is 4.79 Å². The molecule has 1 aliphatic carbocycles.